The van der Waals surface area contributed by atoms with Gasteiger partial charge in [0.15, 0.2) is 4.88 Å². The Morgan fingerprint density at radius 1 is 1.15 bits per heavy atom. The Kier molecular flexibility index (Phi) is 5.13. The second-order valence-electron chi connectivity index (χ2n) is 5.45. The standard InChI is InChI=1S/C18H11F4NO3S/c19-13-3-1-2-11(8-13)16-23-15(14(27-16)17(24)25)26-9-10-4-6-12(7-5-10)18(20,21)22/h1-8H,9H2,(H,24,25). The molecule has 1 N–H and O–H groups in total. The third kappa shape index (κ3) is 4.43. The van der Waals surface area contributed by atoms with Gasteiger partial charge in [-0.3, -0.25) is 0 Å². The van der Waals surface area contributed by atoms with Gasteiger partial charge in [0.1, 0.15) is 17.4 Å². The number of alkyl halides is 3. The van der Waals surface area contributed by atoms with E-state index in [1.54, 1.807) is 6.07 Å². The van der Waals surface area contributed by atoms with Crippen LogP contribution in [0, 0.1) is 5.82 Å². The maximum Gasteiger partial charge on any atom is 0.416 e. The number of hydrogen-bond donors (Lipinski definition) is 1. The topological polar surface area (TPSA) is 59.4 Å². The molecule has 0 spiro atoms. The summed E-state index contributed by atoms with van der Waals surface area (Å²) in [4.78, 5) is 15.3. The average molecular weight is 397 g/mol. The smallest absolute Gasteiger partial charge is 0.416 e. The summed E-state index contributed by atoms with van der Waals surface area (Å²) >= 11 is 0.819. The van der Waals surface area contributed by atoms with E-state index >= 15 is 0 Å². The van der Waals surface area contributed by atoms with Gasteiger partial charge in [-0.05, 0) is 29.8 Å². The van der Waals surface area contributed by atoms with Gasteiger partial charge in [-0.2, -0.15) is 13.2 Å². The van der Waals surface area contributed by atoms with E-state index < -0.39 is 23.5 Å². The lowest BCUT2D eigenvalue weighted by Crippen LogP contribution is -2.05. The number of carboxylic acid groups (broad SMARTS) is 1. The fourth-order valence-corrected chi connectivity index (χ4v) is 3.07. The van der Waals surface area contributed by atoms with Gasteiger partial charge >= 0.3 is 12.1 Å². The third-order valence-corrected chi connectivity index (χ3v) is 4.59. The molecule has 3 aromatic rings. The molecule has 3 rings (SSSR count). The molecule has 1 aromatic heterocycles. The van der Waals surface area contributed by atoms with Crippen LogP contribution in [0.1, 0.15) is 20.8 Å². The zero-order valence-corrected chi connectivity index (χ0v) is 14.3. The van der Waals surface area contributed by atoms with Crippen LogP contribution in [0.2, 0.25) is 0 Å². The van der Waals surface area contributed by atoms with E-state index in [0.717, 1.165) is 23.5 Å². The number of benzene rings is 2. The van der Waals surface area contributed by atoms with Crippen LogP contribution in [-0.4, -0.2) is 16.1 Å². The number of hydrogen-bond acceptors (Lipinski definition) is 4. The Balaban J connectivity index is 1.81. The Morgan fingerprint density at radius 2 is 1.85 bits per heavy atom. The minimum Gasteiger partial charge on any atom is -0.477 e. The van der Waals surface area contributed by atoms with Crippen molar-refractivity contribution < 1.29 is 32.2 Å². The molecule has 4 nitrogen and oxygen atoms in total. The van der Waals surface area contributed by atoms with Crippen molar-refractivity contribution in [3.8, 4) is 16.5 Å². The van der Waals surface area contributed by atoms with E-state index in [1.165, 1.54) is 30.3 Å². The minimum absolute atomic E-state index is 0.162. The van der Waals surface area contributed by atoms with Crippen LogP contribution in [0.3, 0.4) is 0 Å². The van der Waals surface area contributed by atoms with Gasteiger partial charge in [-0.25, -0.2) is 14.2 Å². The van der Waals surface area contributed by atoms with E-state index in [2.05, 4.69) is 4.98 Å². The van der Waals surface area contributed by atoms with Crippen LogP contribution in [0.4, 0.5) is 17.6 Å². The second kappa shape index (κ2) is 7.36. The highest BCUT2D eigenvalue weighted by atomic mass is 32.1. The van der Waals surface area contributed by atoms with Crippen LogP contribution in [0.15, 0.2) is 48.5 Å². The van der Waals surface area contributed by atoms with E-state index in [4.69, 9.17) is 4.74 Å². The lowest BCUT2D eigenvalue weighted by Gasteiger charge is -2.08. The molecule has 0 atom stereocenters. The first-order valence-corrected chi connectivity index (χ1v) is 8.34. The van der Waals surface area contributed by atoms with Crippen molar-refractivity contribution in [1.82, 2.24) is 4.98 Å². The summed E-state index contributed by atoms with van der Waals surface area (Å²) in [7, 11) is 0. The van der Waals surface area contributed by atoms with E-state index in [9.17, 15) is 27.5 Å². The van der Waals surface area contributed by atoms with Crippen molar-refractivity contribution in [3.63, 3.8) is 0 Å². The summed E-state index contributed by atoms with van der Waals surface area (Å²) in [5.74, 6) is -1.93. The van der Waals surface area contributed by atoms with Gasteiger partial charge in [0.2, 0.25) is 5.88 Å². The second-order valence-corrected chi connectivity index (χ2v) is 6.45. The molecule has 9 heteroatoms. The molecule has 0 amide bonds. The summed E-state index contributed by atoms with van der Waals surface area (Å²) in [5.41, 5.74) is 0.0195. The Hall–Kier alpha value is -2.94. The van der Waals surface area contributed by atoms with Crippen molar-refractivity contribution in [2.75, 3.05) is 0 Å². The Morgan fingerprint density at radius 3 is 2.44 bits per heavy atom. The minimum atomic E-state index is -4.44. The molecule has 0 bridgehead atoms. The number of carbonyl (C=O) groups is 1. The molecule has 0 fully saturated rings. The average Bonchev–Trinajstić information content (AvgIpc) is 3.04. The molecule has 0 aliphatic heterocycles. The normalized spacial score (nSPS) is 11.4. The van der Waals surface area contributed by atoms with Gasteiger partial charge in [0, 0.05) is 5.56 Å². The zero-order valence-electron chi connectivity index (χ0n) is 13.5. The molecule has 0 aliphatic rings. The lowest BCUT2D eigenvalue weighted by atomic mass is 10.1. The fraction of sp³-hybridized carbons (Fsp3) is 0.111. The molecule has 0 radical (unpaired) electrons. The predicted molar refractivity (Wildman–Crippen MR) is 90.2 cm³/mol. The summed E-state index contributed by atoms with van der Waals surface area (Å²) < 4.78 is 56.5. The zero-order chi connectivity index (χ0) is 19.6. The number of aromatic nitrogens is 1. The van der Waals surface area contributed by atoms with E-state index in [0.29, 0.717) is 11.1 Å². The largest absolute Gasteiger partial charge is 0.477 e. The number of halogens is 4. The van der Waals surface area contributed by atoms with Gasteiger partial charge in [-0.1, -0.05) is 24.3 Å². The maximum atomic E-state index is 13.4. The molecule has 140 valence electrons. The van der Waals surface area contributed by atoms with E-state index in [1.807, 2.05) is 0 Å². The molecular formula is C18H11F4NO3S. The first-order chi connectivity index (χ1) is 12.7. The van der Waals surface area contributed by atoms with Gasteiger partial charge in [-0.15, -0.1) is 11.3 Å². The highest BCUT2D eigenvalue weighted by Gasteiger charge is 2.30. The summed E-state index contributed by atoms with van der Waals surface area (Å²) in [5, 5.41) is 9.55. The summed E-state index contributed by atoms with van der Waals surface area (Å²) in [6, 6.07) is 9.81. The van der Waals surface area contributed by atoms with Gasteiger partial charge in [0.25, 0.3) is 0 Å². The Labute approximate surface area is 154 Å². The third-order valence-electron chi connectivity index (χ3n) is 3.52. The van der Waals surface area contributed by atoms with Gasteiger partial charge < -0.3 is 9.84 Å². The maximum absolute atomic E-state index is 13.4. The first-order valence-electron chi connectivity index (χ1n) is 7.53. The first kappa shape index (κ1) is 18.8. The molecule has 1 heterocycles. The number of carboxylic acids is 1. The molecule has 2 aromatic carbocycles. The van der Waals surface area contributed by atoms with Crippen molar-refractivity contribution in [1.29, 1.82) is 0 Å². The quantitative estimate of drug-likeness (QED) is 0.598. The van der Waals surface area contributed by atoms with Crippen LogP contribution in [0.25, 0.3) is 10.6 Å². The molecule has 0 saturated carbocycles. The van der Waals surface area contributed by atoms with E-state index in [-0.39, 0.29) is 22.4 Å². The Bertz CT molecular complexity index is 967. The summed E-state index contributed by atoms with van der Waals surface area (Å²) in [6.45, 7) is -0.162. The van der Waals surface area contributed by atoms with Crippen LogP contribution >= 0.6 is 11.3 Å². The fourth-order valence-electron chi connectivity index (χ4n) is 2.23. The van der Waals surface area contributed by atoms with Gasteiger partial charge in [0.05, 0.1) is 5.56 Å². The van der Waals surface area contributed by atoms with Crippen molar-refractivity contribution in [2.24, 2.45) is 0 Å². The van der Waals surface area contributed by atoms with Crippen molar-refractivity contribution >= 4 is 17.3 Å². The predicted octanol–water partition coefficient (Wildman–Crippen LogP) is 5.25. The van der Waals surface area contributed by atoms with Crippen molar-refractivity contribution in [3.05, 3.63) is 70.4 Å². The number of thiazole rings is 1. The number of rotatable bonds is 5. The molecule has 0 saturated heterocycles. The lowest BCUT2D eigenvalue weighted by molar-refractivity contribution is -0.137. The number of aromatic carboxylic acids is 1. The summed E-state index contributed by atoms with van der Waals surface area (Å²) in [6.07, 6.45) is -4.44. The molecule has 27 heavy (non-hydrogen) atoms. The number of nitrogens with zero attached hydrogens (tertiary/aromatic N) is 1. The van der Waals surface area contributed by atoms with Crippen LogP contribution in [-0.2, 0) is 12.8 Å². The van der Waals surface area contributed by atoms with Crippen LogP contribution < -0.4 is 4.74 Å². The van der Waals surface area contributed by atoms with Crippen molar-refractivity contribution in [2.45, 2.75) is 12.8 Å². The molecular weight excluding hydrogens is 386 g/mol. The highest BCUT2D eigenvalue weighted by Crippen LogP contribution is 2.33. The molecule has 0 aliphatic carbocycles. The molecule has 0 unspecified atom stereocenters. The number of ether oxygens (including phenoxy) is 1. The highest BCUT2D eigenvalue weighted by molar-refractivity contribution is 7.17. The van der Waals surface area contributed by atoms with Crippen LogP contribution in [0.5, 0.6) is 5.88 Å². The monoisotopic (exact) mass is 397 g/mol. The SMILES string of the molecule is O=C(O)c1sc(-c2cccc(F)c2)nc1OCc1ccc(C(F)(F)F)cc1.